The molecule has 0 spiro atoms. The maximum Gasteiger partial charge on any atom is 0.310 e. The van der Waals surface area contributed by atoms with Gasteiger partial charge in [-0.3, -0.25) is 4.79 Å². The molecule has 0 aliphatic carbocycles. The number of methoxy groups -OCH3 is 2. The number of nitrogens with zero attached hydrogens (tertiary/aromatic N) is 2. The van der Waals surface area contributed by atoms with Gasteiger partial charge in [0.2, 0.25) is 5.28 Å². The zero-order valence-corrected chi connectivity index (χ0v) is 14.1. The number of carbonyl (C=O) groups excluding carboxylic acids is 1. The maximum absolute atomic E-state index is 11.5. The molecule has 0 atom stereocenters. The van der Waals surface area contributed by atoms with Gasteiger partial charge < -0.3 is 14.8 Å². The van der Waals surface area contributed by atoms with Crippen LogP contribution in [0.1, 0.15) is 11.1 Å². The molecule has 1 heterocycles. The average Bonchev–Trinajstić information content (AvgIpc) is 2.55. The number of benzene rings is 1. The van der Waals surface area contributed by atoms with Crippen LogP contribution in [0.3, 0.4) is 0 Å². The lowest BCUT2D eigenvalue weighted by Crippen LogP contribution is -2.11. The molecule has 1 aromatic heterocycles. The molecule has 0 bridgehead atoms. The molecule has 23 heavy (non-hydrogen) atoms. The molecule has 0 aliphatic rings. The zero-order valence-electron chi connectivity index (χ0n) is 12.6. The van der Waals surface area contributed by atoms with Gasteiger partial charge in [0.15, 0.2) is 0 Å². The van der Waals surface area contributed by atoms with Crippen LogP contribution in [0.15, 0.2) is 24.3 Å². The summed E-state index contributed by atoms with van der Waals surface area (Å²) in [5, 5.41) is 3.23. The van der Waals surface area contributed by atoms with Crippen LogP contribution in [-0.2, 0) is 22.5 Å². The Labute approximate surface area is 143 Å². The summed E-state index contributed by atoms with van der Waals surface area (Å²) in [6.07, 6.45) is -0.0442. The van der Waals surface area contributed by atoms with Crippen LogP contribution < -0.4 is 10.1 Å². The molecule has 1 aromatic carbocycles. The first-order valence-corrected chi connectivity index (χ1v) is 7.44. The number of anilines is 1. The molecule has 0 fully saturated rings. The lowest BCUT2D eigenvalue weighted by Gasteiger charge is -2.12. The second kappa shape index (κ2) is 7.99. The lowest BCUT2D eigenvalue weighted by molar-refractivity contribution is -0.139. The van der Waals surface area contributed by atoms with Crippen LogP contribution in [0.5, 0.6) is 5.75 Å². The van der Waals surface area contributed by atoms with Gasteiger partial charge in [0.25, 0.3) is 0 Å². The Bertz CT molecular complexity index is 693. The highest BCUT2D eigenvalue weighted by molar-refractivity contribution is 6.32. The fraction of sp³-hybridized carbons (Fsp3) is 0.267. The quantitative estimate of drug-likeness (QED) is 0.487. The van der Waals surface area contributed by atoms with Crippen LogP contribution in [-0.4, -0.2) is 30.2 Å². The molecule has 1 N–H and O–H groups in total. The van der Waals surface area contributed by atoms with Crippen molar-refractivity contribution in [1.82, 2.24) is 9.97 Å². The van der Waals surface area contributed by atoms with Gasteiger partial charge >= 0.3 is 5.97 Å². The average molecular weight is 356 g/mol. The van der Waals surface area contributed by atoms with Crippen LogP contribution >= 0.6 is 23.2 Å². The van der Waals surface area contributed by atoms with Crippen molar-refractivity contribution < 1.29 is 14.3 Å². The molecule has 0 saturated heterocycles. The zero-order chi connectivity index (χ0) is 16.8. The van der Waals surface area contributed by atoms with Crippen molar-refractivity contribution in [3.05, 3.63) is 45.8 Å². The van der Waals surface area contributed by atoms with Gasteiger partial charge in [-0.05, 0) is 29.3 Å². The van der Waals surface area contributed by atoms with Gasteiger partial charge in [0.05, 0.1) is 20.6 Å². The van der Waals surface area contributed by atoms with Gasteiger partial charge in [-0.2, -0.15) is 0 Å². The monoisotopic (exact) mass is 355 g/mol. The number of esters is 1. The number of carbonyl (C=O) groups is 1. The largest absolute Gasteiger partial charge is 0.497 e. The highest BCUT2D eigenvalue weighted by atomic mass is 35.5. The van der Waals surface area contributed by atoms with Gasteiger partial charge in [-0.15, -0.1) is 0 Å². The summed E-state index contributed by atoms with van der Waals surface area (Å²) in [6.45, 7) is 0.474. The van der Waals surface area contributed by atoms with E-state index in [0.29, 0.717) is 17.9 Å². The smallest absolute Gasteiger partial charge is 0.310 e. The highest BCUT2D eigenvalue weighted by Crippen LogP contribution is 2.24. The minimum atomic E-state index is -0.440. The third-order valence-corrected chi connectivity index (χ3v) is 3.58. The van der Waals surface area contributed by atoms with Crippen molar-refractivity contribution in [1.29, 1.82) is 0 Å². The number of nitrogens with one attached hydrogen (secondary N) is 1. The van der Waals surface area contributed by atoms with E-state index in [1.54, 1.807) is 7.11 Å². The summed E-state index contributed by atoms with van der Waals surface area (Å²) >= 11 is 11.9. The molecule has 0 saturated carbocycles. The third kappa shape index (κ3) is 4.71. The number of hydrogen-bond donors (Lipinski definition) is 1. The van der Waals surface area contributed by atoms with Gasteiger partial charge in [0, 0.05) is 12.1 Å². The summed E-state index contributed by atoms with van der Waals surface area (Å²) < 4.78 is 9.77. The Morgan fingerprint density at radius 1 is 1.17 bits per heavy atom. The molecule has 0 unspecified atom stereocenters. The van der Waals surface area contributed by atoms with Crippen molar-refractivity contribution in [2.75, 3.05) is 19.5 Å². The van der Waals surface area contributed by atoms with Crippen molar-refractivity contribution in [3.8, 4) is 5.75 Å². The van der Waals surface area contributed by atoms with Crippen molar-refractivity contribution >= 4 is 35.0 Å². The van der Waals surface area contributed by atoms with E-state index < -0.39 is 5.97 Å². The number of hydrogen-bond acceptors (Lipinski definition) is 6. The van der Waals surface area contributed by atoms with Gasteiger partial charge in [0.1, 0.15) is 16.7 Å². The van der Waals surface area contributed by atoms with E-state index in [1.807, 2.05) is 24.3 Å². The number of halogens is 2. The first-order chi connectivity index (χ1) is 11.0. The maximum atomic E-state index is 11.5. The second-order valence-electron chi connectivity index (χ2n) is 4.57. The number of rotatable bonds is 6. The molecule has 2 rings (SSSR count). The molecule has 6 nitrogen and oxygen atoms in total. The SMILES string of the molecule is COC(=O)Cc1c(Cl)nc(Cl)nc1NCc1ccc(OC)cc1. The first kappa shape index (κ1) is 17.3. The predicted molar refractivity (Wildman–Crippen MR) is 88.1 cm³/mol. The van der Waals surface area contributed by atoms with Crippen LogP contribution in [0.25, 0.3) is 0 Å². The molecular weight excluding hydrogens is 341 g/mol. The lowest BCUT2D eigenvalue weighted by atomic mass is 10.2. The Hall–Kier alpha value is -2.05. The molecule has 0 aliphatic heterocycles. The summed E-state index contributed by atoms with van der Waals surface area (Å²) in [5.41, 5.74) is 1.44. The topological polar surface area (TPSA) is 73.3 Å². The molecule has 0 radical (unpaired) electrons. The van der Waals surface area contributed by atoms with Crippen LogP contribution in [0.2, 0.25) is 10.4 Å². The van der Waals surface area contributed by atoms with Crippen molar-refractivity contribution in [2.45, 2.75) is 13.0 Å². The normalized spacial score (nSPS) is 10.3. The van der Waals surface area contributed by atoms with E-state index >= 15 is 0 Å². The fourth-order valence-electron chi connectivity index (χ4n) is 1.88. The number of ether oxygens (including phenoxy) is 2. The molecule has 0 amide bonds. The Morgan fingerprint density at radius 2 is 1.87 bits per heavy atom. The molecule has 2 aromatic rings. The summed E-state index contributed by atoms with van der Waals surface area (Å²) in [6, 6.07) is 7.53. The highest BCUT2D eigenvalue weighted by Gasteiger charge is 2.16. The van der Waals surface area contributed by atoms with E-state index in [4.69, 9.17) is 27.9 Å². The Balaban J connectivity index is 2.18. The first-order valence-electron chi connectivity index (χ1n) is 6.69. The van der Waals surface area contributed by atoms with E-state index in [0.717, 1.165) is 11.3 Å². The molecular formula is C15H15Cl2N3O3. The predicted octanol–water partition coefficient (Wildman–Crippen LogP) is 3.12. The Morgan fingerprint density at radius 3 is 2.48 bits per heavy atom. The van der Waals surface area contributed by atoms with Gasteiger partial charge in [-0.1, -0.05) is 23.7 Å². The fourth-order valence-corrected chi connectivity index (χ4v) is 2.33. The minimum absolute atomic E-state index is 0.000784. The third-order valence-electron chi connectivity index (χ3n) is 3.10. The van der Waals surface area contributed by atoms with E-state index in [1.165, 1.54) is 7.11 Å². The minimum Gasteiger partial charge on any atom is -0.497 e. The van der Waals surface area contributed by atoms with Crippen LogP contribution in [0, 0.1) is 0 Å². The Kier molecular flexibility index (Phi) is 6.01. The van der Waals surface area contributed by atoms with Crippen LogP contribution in [0.4, 0.5) is 5.82 Å². The summed E-state index contributed by atoms with van der Waals surface area (Å²) in [7, 11) is 2.91. The van der Waals surface area contributed by atoms with E-state index in [9.17, 15) is 4.79 Å². The van der Waals surface area contributed by atoms with E-state index in [-0.39, 0.29) is 16.9 Å². The standard InChI is InChI=1S/C15H15Cl2N3O3/c1-22-10-5-3-9(4-6-10)8-18-14-11(7-12(21)23-2)13(16)19-15(17)20-14/h3-6H,7-8H2,1-2H3,(H,18,19,20). The molecule has 8 heteroatoms. The summed E-state index contributed by atoms with van der Waals surface area (Å²) in [5.74, 6) is 0.731. The van der Waals surface area contributed by atoms with Crippen molar-refractivity contribution in [2.24, 2.45) is 0 Å². The van der Waals surface area contributed by atoms with Gasteiger partial charge in [-0.25, -0.2) is 9.97 Å². The molecule has 122 valence electrons. The second-order valence-corrected chi connectivity index (χ2v) is 5.26. The number of aromatic nitrogens is 2. The van der Waals surface area contributed by atoms with E-state index in [2.05, 4.69) is 20.0 Å². The summed E-state index contributed by atoms with van der Waals surface area (Å²) in [4.78, 5) is 19.5. The van der Waals surface area contributed by atoms with Crippen molar-refractivity contribution in [3.63, 3.8) is 0 Å².